The van der Waals surface area contributed by atoms with Gasteiger partial charge in [-0.2, -0.15) is 4.31 Å². The molecule has 1 saturated heterocycles. The van der Waals surface area contributed by atoms with Crippen molar-refractivity contribution >= 4 is 16.1 Å². The molecule has 1 aliphatic heterocycles. The number of ether oxygens (including phenoxy) is 1. The lowest BCUT2D eigenvalue weighted by molar-refractivity contribution is 0.142. The first-order chi connectivity index (χ1) is 10.4. The van der Waals surface area contributed by atoms with E-state index in [-0.39, 0.29) is 24.1 Å². The summed E-state index contributed by atoms with van der Waals surface area (Å²) < 4.78 is 44.3. The molecule has 0 aliphatic carbocycles. The van der Waals surface area contributed by atoms with Gasteiger partial charge in [-0.05, 0) is 38.0 Å². The molecular formula is C14H19FN2O4S. The Morgan fingerprint density at radius 3 is 2.95 bits per heavy atom. The minimum Gasteiger partial charge on any atom is -0.450 e. The van der Waals surface area contributed by atoms with E-state index >= 15 is 0 Å². The lowest BCUT2D eigenvalue weighted by atomic mass is 10.1. The third kappa shape index (κ3) is 3.95. The Bertz CT molecular complexity index is 635. The van der Waals surface area contributed by atoms with Crippen LogP contribution in [0.3, 0.4) is 0 Å². The molecule has 1 aliphatic rings. The van der Waals surface area contributed by atoms with Gasteiger partial charge in [0.25, 0.3) is 0 Å². The van der Waals surface area contributed by atoms with Crippen molar-refractivity contribution in [3.05, 3.63) is 30.1 Å². The number of sulfonamides is 1. The molecule has 0 aromatic heterocycles. The molecule has 22 heavy (non-hydrogen) atoms. The van der Waals surface area contributed by atoms with Crippen LogP contribution in [0.15, 0.2) is 29.2 Å². The summed E-state index contributed by atoms with van der Waals surface area (Å²) in [5, 5.41) is 2.64. The molecule has 1 aromatic carbocycles. The van der Waals surface area contributed by atoms with Crippen molar-refractivity contribution in [2.24, 2.45) is 0 Å². The number of amides is 1. The van der Waals surface area contributed by atoms with Gasteiger partial charge >= 0.3 is 6.09 Å². The van der Waals surface area contributed by atoms with E-state index < -0.39 is 21.9 Å². The van der Waals surface area contributed by atoms with Gasteiger partial charge in [0.2, 0.25) is 10.0 Å². The predicted octanol–water partition coefficient (Wildman–Crippen LogP) is 1.72. The maximum absolute atomic E-state index is 13.2. The Kier molecular flexibility index (Phi) is 5.36. The van der Waals surface area contributed by atoms with Crippen LogP contribution in [0.2, 0.25) is 0 Å². The van der Waals surface area contributed by atoms with Crippen LogP contribution in [-0.2, 0) is 14.8 Å². The van der Waals surface area contributed by atoms with Crippen LogP contribution in [0, 0.1) is 5.82 Å². The van der Waals surface area contributed by atoms with Crippen LogP contribution in [0.1, 0.15) is 19.8 Å². The average Bonchev–Trinajstić information content (AvgIpc) is 2.47. The number of alkyl carbamates (subject to hydrolysis) is 1. The molecule has 122 valence electrons. The highest BCUT2D eigenvalue weighted by Crippen LogP contribution is 2.21. The summed E-state index contributed by atoms with van der Waals surface area (Å²) in [5.41, 5.74) is 0. The SMILES string of the molecule is CCOC(=O)NC1CCCN(S(=O)(=O)c2cccc(F)c2)C1. The maximum atomic E-state index is 13.2. The average molecular weight is 330 g/mol. The number of piperidine rings is 1. The summed E-state index contributed by atoms with van der Waals surface area (Å²) >= 11 is 0. The van der Waals surface area contributed by atoms with Crippen molar-refractivity contribution in [1.82, 2.24) is 9.62 Å². The van der Waals surface area contributed by atoms with Crippen LogP contribution in [0.5, 0.6) is 0 Å². The molecule has 6 nitrogen and oxygen atoms in total. The monoisotopic (exact) mass is 330 g/mol. The van der Waals surface area contributed by atoms with Gasteiger partial charge in [0.05, 0.1) is 11.5 Å². The molecular weight excluding hydrogens is 311 g/mol. The molecule has 1 atom stereocenters. The third-order valence-corrected chi connectivity index (χ3v) is 5.28. The minimum atomic E-state index is -3.76. The van der Waals surface area contributed by atoms with E-state index in [9.17, 15) is 17.6 Å². The molecule has 1 unspecified atom stereocenters. The van der Waals surface area contributed by atoms with Gasteiger partial charge in [-0.25, -0.2) is 17.6 Å². The fourth-order valence-corrected chi connectivity index (χ4v) is 3.95. The van der Waals surface area contributed by atoms with E-state index in [4.69, 9.17) is 4.74 Å². The molecule has 1 heterocycles. The Morgan fingerprint density at radius 1 is 1.50 bits per heavy atom. The van der Waals surface area contributed by atoms with Crippen molar-refractivity contribution in [2.75, 3.05) is 19.7 Å². The Hall–Kier alpha value is -1.67. The van der Waals surface area contributed by atoms with Crippen molar-refractivity contribution in [1.29, 1.82) is 0 Å². The number of rotatable bonds is 4. The standard InChI is InChI=1S/C14H19FN2O4S/c1-2-21-14(18)16-12-6-4-8-17(10-12)22(19,20)13-7-3-5-11(15)9-13/h3,5,7,9,12H,2,4,6,8,10H2,1H3,(H,16,18). The molecule has 2 rings (SSSR count). The molecule has 0 bridgehead atoms. The summed E-state index contributed by atoms with van der Waals surface area (Å²) in [4.78, 5) is 11.4. The summed E-state index contributed by atoms with van der Waals surface area (Å²) in [6, 6.07) is 4.61. The molecule has 0 spiro atoms. The second kappa shape index (κ2) is 7.06. The number of hydrogen-bond donors (Lipinski definition) is 1. The van der Waals surface area contributed by atoms with Crippen LogP contribution in [0.4, 0.5) is 9.18 Å². The second-order valence-corrected chi connectivity index (χ2v) is 6.96. The Morgan fingerprint density at radius 2 is 2.27 bits per heavy atom. The molecule has 8 heteroatoms. The number of benzene rings is 1. The molecule has 1 amide bonds. The van der Waals surface area contributed by atoms with Crippen LogP contribution in [0.25, 0.3) is 0 Å². The van der Waals surface area contributed by atoms with Gasteiger partial charge in [-0.1, -0.05) is 6.07 Å². The number of nitrogens with zero attached hydrogens (tertiary/aromatic N) is 1. The fraction of sp³-hybridized carbons (Fsp3) is 0.500. The van der Waals surface area contributed by atoms with E-state index in [1.807, 2.05) is 0 Å². The smallest absolute Gasteiger partial charge is 0.407 e. The number of halogens is 1. The fourth-order valence-electron chi connectivity index (χ4n) is 2.39. The van der Waals surface area contributed by atoms with Crippen molar-refractivity contribution < 1.29 is 22.3 Å². The van der Waals surface area contributed by atoms with Crippen LogP contribution < -0.4 is 5.32 Å². The Labute approximate surface area is 129 Å². The second-order valence-electron chi connectivity index (χ2n) is 5.02. The summed E-state index contributed by atoms with van der Waals surface area (Å²) in [7, 11) is -3.76. The minimum absolute atomic E-state index is 0.0794. The molecule has 0 radical (unpaired) electrons. The quantitative estimate of drug-likeness (QED) is 0.912. The lowest BCUT2D eigenvalue weighted by Crippen LogP contribution is -2.49. The molecule has 1 aromatic rings. The van der Waals surface area contributed by atoms with Gasteiger partial charge in [0, 0.05) is 19.1 Å². The van der Waals surface area contributed by atoms with Gasteiger partial charge < -0.3 is 10.1 Å². The largest absolute Gasteiger partial charge is 0.450 e. The number of carbonyl (C=O) groups excluding carboxylic acids is 1. The summed E-state index contributed by atoms with van der Waals surface area (Å²) in [6.45, 7) is 2.45. The van der Waals surface area contributed by atoms with E-state index in [1.54, 1.807) is 6.92 Å². The van der Waals surface area contributed by atoms with Gasteiger partial charge in [0.15, 0.2) is 0 Å². The molecule has 1 fully saturated rings. The van der Waals surface area contributed by atoms with E-state index in [2.05, 4.69) is 5.32 Å². The topological polar surface area (TPSA) is 75.7 Å². The van der Waals surface area contributed by atoms with Crippen LogP contribution >= 0.6 is 0 Å². The highest BCUT2D eigenvalue weighted by molar-refractivity contribution is 7.89. The number of carbonyl (C=O) groups is 1. The van der Waals surface area contributed by atoms with Crippen LogP contribution in [-0.4, -0.2) is 44.6 Å². The van der Waals surface area contributed by atoms with E-state index in [1.165, 1.54) is 22.5 Å². The lowest BCUT2D eigenvalue weighted by Gasteiger charge is -2.32. The first-order valence-electron chi connectivity index (χ1n) is 7.12. The summed E-state index contributed by atoms with van der Waals surface area (Å²) in [5.74, 6) is -0.598. The zero-order chi connectivity index (χ0) is 16.2. The Balaban J connectivity index is 2.09. The van der Waals surface area contributed by atoms with Crippen molar-refractivity contribution in [2.45, 2.75) is 30.7 Å². The van der Waals surface area contributed by atoms with Crippen molar-refractivity contribution in [3.63, 3.8) is 0 Å². The highest BCUT2D eigenvalue weighted by Gasteiger charge is 2.31. The maximum Gasteiger partial charge on any atom is 0.407 e. The first kappa shape index (κ1) is 16.7. The molecule has 1 N–H and O–H groups in total. The van der Waals surface area contributed by atoms with Gasteiger partial charge in [0.1, 0.15) is 5.82 Å². The predicted molar refractivity (Wildman–Crippen MR) is 78.3 cm³/mol. The first-order valence-corrected chi connectivity index (χ1v) is 8.56. The van der Waals surface area contributed by atoms with Gasteiger partial charge in [-0.15, -0.1) is 0 Å². The summed E-state index contributed by atoms with van der Waals surface area (Å²) in [6.07, 6.45) is 0.733. The molecule has 0 saturated carbocycles. The zero-order valence-electron chi connectivity index (χ0n) is 12.3. The number of hydrogen-bond acceptors (Lipinski definition) is 4. The van der Waals surface area contributed by atoms with Crippen molar-refractivity contribution in [3.8, 4) is 0 Å². The number of nitrogens with one attached hydrogen (secondary N) is 1. The third-order valence-electron chi connectivity index (χ3n) is 3.42. The normalized spacial score (nSPS) is 19.6. The zero-order valence-corrected chi connectivity index (χ0v) is 13.1. The van der Waals surface area contributed by atoms with E-state index in [0.717, 1.165) is 6.07 Å². The highest BCUT2D eigenvalue weighted by atomic mass is 32.2. The van der Waals surface area contributed by atoms with E-state index in [0.29, 0.717) is 19.4 Å². The van der Waals surface area contributed by atoms with Gasteiger partial charge in [-0.3, -0.25) is 0 Å².